The smallest absolute Gasteiger partial charge is 0.243 e. The Bertz CT molecular complexity index is 638. The van der Waals surface area contributed by atoms with Crippen LogP contribution in [0.3, 0.4) is 0 Å². The van der Waals surface area contributed by atoms with E-state index in [4.69, 9.17) is 9.47 Å². The summed E-state index contributed by atoms with van der Waals surface area (Å²) in [5, 5.41) is 10.0. The van der Waals surface area contributed by atoms with E-state index >= 15 is 0 Å². The molecule has 7 nitrogen and oxygen atoms in total. The van der Waals surface area contributed by atoms with Crippen molar-refractivity contribution < 1.29 is 23.0 Å². The van der Waals surface area contributed by atoms with Crippen LogP contribution in [0.25, 0.3) is 0 Å². The quantitative estimate of drug-likeness (QED) is 0.755. The number of benzene rings is 1. The van der Waals surface area contributed by atoms with Crippen molar-refractivity contribution in [3.63, 3.8) is 0 Å². The number of likely N-dealkylation sites (tertiary alicyclic amines) is 1. The van der Waals surface area contributed by atoms with Crippen LogP contribution in [0, 0.1) is 0 Å². The predicted molar refractivity (Wildman–Crippen MR) is 93.2 cm³/mol. The molecule has 0 amide bonds. The summed E-state index contributed by atoms with van der Waals surface area (Å²) >= 11 is 0. The summed E-state index contributed by atoms with van der Waals surface area (Å²) in [7, 11) is -3.48. The molecule has 0 aliphatic carbocycles. The summed E-state index contributed by atoms with van der Waals surface area (Å²) in [5.41, 5.74) is 0. The largest absolute Gasteiger partial charge is 0.491 e. The summed E-state index contributed by atoms with van der Waals surface area (Å²) < 4.78 is 37.3. The van der Waals surface area contributed by atoms with Crippen LogP contribution in [0.2, 0.25) is 0 Å². The maximum Gasteiger partial charge on any atom is 0.243 e. The fourth-order valence-corrected chi connectivity index (χ4v) is 4.56. The van der Waals surface area contributed by atoms with Gasteiger partial charge < -0.3 is 19.5 Å². The Kier molecular flexibility index (Phi) is 6.29. The third-order valence-electron chi connectivity index (χ3n) is 4.54. The minimum absolute atomic E-state index is 0.200. The van der Waals surface area contributed by atoms with Crippen LogP contribution in [0.5, 0.6) is 5.75 Å². The zero-order valence-electron chi connectivity index (χ0n) is 14.3. The molecule has 2 heterocycles. The molecule has 0 saturated carbocycles. The molecule has 2 aliphatic heterocycles. The molecule has 3 rings (SSSR count). The first-order valence-electron chi connectivity index (χ1n) is 8.77. The van der Waals surface area contributed by atoms with E-state index < -0.39 is 16.1 Å². The highest BCUT2D eigenvalue weighted by Crippen LogP contribution is 2.20. The zero-order chi connectivity index (χ0) is 17.7. The molecular weight excluding hydrogens is 344 g/mol. The summed E-state index contributed by atoms with van der Waals surface area (Å²) in [6.45, 7) is 4.49. The summed E-state index contributed by atoms with van der Waals surface area (Å²) in [4.78, 5) is 2.48. The van der Waals surface area contributed by atoms with Gasteiger partial charge in [0.1, 0.15) is 18.5 Å². The van der Waals surface area contributed by atoms with Gasteiger partial charge in [-0.05, 0) is 50.2 Å². The van der Waals surface area contributed by atoms with Crippen LogP contribution in [0.15, 0.2) is 29.2 Å². The van der Waals surface area contributed by atoms with E-state index in [9.17, 15) is 13.5 Å². The molecule has 0 bridgehead atoms. The Morgan fingerprint density at radius 1 is 1.08 bits per heavy atom. The highest BCUT2D eigenvalue weighted by molar-refractivity contribution is 7.89. The molecule has 140 valence electrons. The van der Waals surface area contributed by atoms with Crippen molar-refractivity contribution in [3.8, 4) is 5.75 Å². The second kappa shape index (κ2) is 8.46. The molecule has 1 N–H and O–H groups in total. The lowest BCUT2D eigenvalue weighted by atomic mass is 10.3. The van der Waals surface area contributed by atoms with Gasteiger partial charge in [0, 0.05) is 19.6 Å². The van der Waals surface area contributed by atoms with E-state index in [-0.39, 0.29) is 11.5 Å². The monoisotopic (exact) mass is 370 g/mol. The SMILES string of the molecule is O=S(=O)(c1ccc(OC[C@@H](O)CN2CCCC2)cc1)N1CCOCC1. The number of aliphatic hydroxyl groups excluding tert-OH is 1. The van der Waals surface area contributed by atoms with Crippen LogP contribution < -0.4 is 4.74 Å². The van der Waals surface area contributed by atoms with E-state index in [0.717, 1.165) is 13.1 Å². The van der Waals surface area contributed by atoms with Crippen molar-refractivity contribution in [2.75, 3.05) is 52.5 Å². The van der Waals surface area contributed by atoms with Crippen LogP contribution in [0.4, 0.5) is 0 Å². The van der Waals surface area contributed by atoms with Crippen molar-refractivity contribution in [1.29, 1.82) is 0 Å². The molecule has 8 heteroatoms. The van der Waals surface area contributed by atoms with Gasteiger partial charge in [-0.2, -0.15) is 4.31 Å². The number of sulfonamides is 1. The van der Waals surface area contributed by atoms with Crippen molar-refractivity contribution >= 4 is 10.0 Å². The lowest BCUT2D eigenvalue weighted by Crippen LogP contribution is -2.40. The Morgan fingerprint density at radius 3 is 2.36 bits per heavy atom. The Hall–Kier alpha value is -1.19. The fraction of sp³-hybridized carbons (Fsp3) is 0.647. The summed E-state index contributed by atoms with van der Waals surface area (Å²) in [6.07, 6.45) is 1.83. The van der Waals surface area contributed by atoms with Gasteiger partial charge in [-0.3, -0.25) is 0 Å². The number of ether oxygens (including phenoxy) is 2. The molecule has 25 heavy (non-hydrogen) atoms. The molecule has 2 fully saturated rings. The van der Waals surface area contributed by atoms with Gasteiger partial charge in [-0.15, -0.1) is 0 Å². The van der Waals surface area contributed by atoms with Gasteiger partial charge in [-0.1, -0.05) is 0 Å². The van der Waals surface area contributed by atoms with Crippen molar-refractivity contribution in [3.05, 3.63) is 24.3 Å². The van der Waals surface area contributed by atoms with E-state index in [1.165, 1.54) is 17.1 Å². The predicted octanol–water partition coefficient (Wildman–Crippen LogP) is 0.543. The third-order valence-corrected chi connectivity index (χ3v) is 6.45. The van der Waals surface area contributed by atoms with Crippen molar-refractivity contribution in [2.24, 2.45) is 0 Å². The average Bonchev–Trinajstić information content (AvgIpc) is 3.14. The molecule has 2 saturated heterocycles. The Balaban J connectivity index is 1.52. The molecule has 0 spiro atoms. The van der Waals surface area contributed by atoms with Crippen LogP contribution in [-0.2, 0) is 14.8 Å². The molecule has 0 unspecified atom stereocenters. The molecular formula is C17H26N2O5S. The molecule has 1 atom stereocenters. The number of hydrogen-bond acceptors (Lipinski definition) is 6. The number of β-amino-alcohol motifs (C(OH)–C–C–N with tert-alkyl or cyclic N) is 1. The van der Waals surface area contributed by atoms with E-state index in [1.54, 1.807) is 24.3 Å². The van der Waals surface area contributed by atoms with Gasteiger partial charge in [-0.25, -0.2) is 8.42 Å². The number of morpholine rings is 1. The molecule has 0 aromatic heterocycles. The highest BCUT2D eigenvalue weighted by atomic mass is 32.2. The van der Waals surface area contributed by atoms with E-state index in [0.29, 0.717) is 38.6 Å². The minimum Gasteiger partial charge on any atom is -0.491 e. The Labute approximate surface area is 149 Å². The van der Waals surface area contributed by atoms with Crippen LogP contribution in [0.1, 0.15) is 12.8 Å². The second-order valence-corrected chi connectivity index (χ2v) is 8.40. The minimum atomic E-state index is -3.48. The van der Waals surface area contributed by atoms with Crippen LogP contribution >= 0.6 is 0 Å². The fourth-order valence-electron chi connectivity index (χ4n) is 3.15. The second-order valence-electron chi connectivity index (χ2n) is 6.46. The first-order valence-corrected chi connectivity index (χ1v) is 10.2. The number of aliphatic hydroxyl groups is 1. The summed E-state index contributed by atoms with van der Waals surface area (Å²) in [6, 6.07) is 6.37. The van der Waals surface area contributed by atoms with Crippen molar-refractivity contribution in [2.45, 2.75) is 23.8 Å². The van der Waals surface area contributed by atoms with Crippen molar-refractivity contribution in [1.82, 2.24) is 9.21 Å². The number of rotatable bonds is 7. The third kappa shape index (κ3) is 4.92. The van der Waals surface area contributed by atoms with Gasteiger partial charge in [0.15, 0.2) is 0 Å². The first kappa shape index (κ1) is 18.6. The number of hydrogen-bond donors (Lipinski definition) is 1. The Morgan fingerprint density at radius 2 is 1.72 bits per heavy atom. The normalized spacial score (nSPS) is 21.3. The maximum atomic E-state index is 12.5. The molecule has 2 aliphatic rings. The molecule has 0 radical (unpaired) electrons. The van der Waals surface area contributed by atoms with Crippen LogP contribution in [-0.4, -0.2) is 81.4 Å². The van der Waals surface area contributed by atoms with E-state index in [2.05, 4.69) is 4.90 Å². The maximum absolute atomic E-state index is 12.5. The first-order chi connectivity index (χ1) is 12.1. The highest BCUT2D eigenvalue weighted by Gasteiger charge is 2.26. The topological polar surface area (TPSA) is 79.3 Å². The van der Waals surface area contributed by atoms with Gasteiger partial charge in [0.2, 0.25) is 10.0 Å². The lowest BCUT2D eigenvalue weighted by molar-refractivity contribution is 0.0730. The molecule has 1 aromatic rings. The zero-order valence-corrected chi connectivity index (χ0v) is 15.2. The average molecular weight is 370 g/mol. The van der Waals surface area contributed by atoms with Gasteiger partial charge in [0.05, 0.1) is 18.1 Å². The van der Waals surface area contributed by atoms with Gasteiger partial charge >= 0.3 is 0 Å². The standard InChI is InChI=1S/C17H26N2O5S/c20-15(13-18-7-1-2-8-18)14-24-16-3-5-17(6-4-16)25(21,22)19-9-11-23-12-10-19/h3-6,15,20H,1-2,7-14H2/t15-/m0/s1. The molecule has 1 aromatic carbocycles. The van der Waals surface area contributed by atoms with E-state index in [1.807, 2.05) is 0 Å². The summed E-state index contributed by atoms with van der Waals surface area (Å²) in [5.74, 6) is 0.557. The number of nitrogens with zero attached hydrogens (tertiary/aromatic N) is 2. The lowest BCUT2D eigenvalue weighted by Gasteiger charge is -2.26. The van der Waals surface area contributed by atoms with Gasteiger partial charge in [0.25, 0.3) is 0 Å².